The number of pyridine rings is 1. The van der Waals surface area contributed by atoms with Gasteiger partial charge in [0.05, 0.1) is 11.9 Å². The van der Waals surface area contributed by atoms with Crippen LogP contribution in [0.2, 0.25) is 0 Å². The normalized spacial score (nSPS) is 25.9. The van der Waals surface area contributed by atoms with Crippen LogP contribution in [0.5, 0.6) is 0 Å². The van der Waals surface area contributed by atoms with Crippen molar-refractivity contribution in [2.45, 2.75) is 44.6 Å². The van der Waals surface area contributed by atoms with E-state index in [1.54, 1.807) is 18.3 Å². The number of hydrogen-bond acceptors (Lipinski definition) is 4. The third-order valence-corrected chi connectivity index (χ3v) is 4.65. The lowest BCUT2D eigenvalue weighted by Crippen LogP contribution is -2.49. The van der Waals surface area contributed by atoms with Gasteiger partial charge in [-0.15, -0.1) is 0 Å². The lowest BCUT2D eigenvalue weighted by Gasteiger charge is -2.44. The number of nitrogen functional groups attached to an aromatic ring is 1. The first-order valence-corrected chi connectivity index (χ1v) is 7.53. The molecule has 1 aromatic heterocycles. The molecule has 2 heterocycles. The van der Waals surface area contributed by atoms with Gasteiger partial charge in [0.2, 0.25) is 0 Å². The van der Waals surface area contributed by atoms with Crippen molar-refractivity contribution in [2.75, 3.05) is 12.0 Å². The fourth-order valence-corrected chi connectivity index (χ4v) is 3.63. The highest BCUT2D eigenvalue weighted by Gasteiger charge is 2.36. The molecule has 108 valence electrons. The maximum Gasteiger partial charge on any atom is 0.272 e. The Kier molecular flexibility index (Phi) is 3.87. The highest BCUT2D eigenvalue weighted by atomic mass is 16.2. The zero-order valence-corrected chi connectivity index (χ0v) is 11.7. The molecule has 1 saturated heterocycles. The van der Waals surface area contributed by atoms with Gasteiger partial charge in [0.1, 0.15) is 5.69 Å². The molecular weight excluding hydrogens is 252 g/mol. The van der Waals surface area contributed by atoms with E-state index in [1.807, 2.05) is 0 Å². The second kappa shape index (κ2) is 5.79. The molecule has 5 heteroatoms. The Morgan fingerprint density at radius 2 is 2.05 bits per heavy atom. The summed E-state index contributed by atoms with van der Waals surface area (Å²) in [5.41, 5.74) is 3.77. The fraction of sp³-hybridized carbons (Fsp3) is 0.600. The number of anilines is 1. The summed E-state index contributed by atoms with van der Waals surface area (Å²) in [5, 5.41) is 0. The number of hydrogen-bond donors (Lipinski definition) is 2. The molecule has 0 unspecified atom stereocenters. The summed E-state index contributed by atoms with van der Waals surface area (Å²) < 4.78 is 0. The zero-order chi connectivity index (χ0) is 13.9. The third kappa shape index (κ3) is 2.50. The summed E-state index contributed by atoms with van der Waals surface area (Å²) >= 11 is 0. The first kappa shape index (κ1) is 13.4. The lowest BCUT2D eigenvalue weighted by atomic mass is 9.78. The largest absolute Gasteiger partial charge is 0.334 e. The summed E-state index contributed by atoms with van der Waals surface area (Å²) in [6, 6.07) is 3.98. The molecule has 1 saturated carbocycles. The van der Waals surface area contributed by atoms with Crippen LogP contribution < -0.4 is 11.3 Å². The molecule has 3 rings (SSSR count). The second-order valence-corrected chi connectivity index (χ2v) is 5.83. The highest BCUT2D eigenvalue weighted by molar-refractivity contribution is 5.92. The number of hydrazine groups is 1. The predicted octanol–water partition coefficient (Wildman–Crippen LogP) is 2.16. The SMILES string of the molecule is NNc1ccc(C(=O)N2CCC[C@H]3CCCC[C@H]32)nc1. The Morgan fingerprint density at radius 3 is 2.80 bits per heavy atom. The van der Waals surface area contributed by atoms with Crippen LogP contribution in [0.1, 0.15) is 49.0 Å². The number of fused-ring (bicyclic) bond motifs is 1. The Hall–Kier alpha value is -1.62. The van der Waals surface area contributed by atoms with Crippen LogP contribution >= 0.6 is 0 Å². The number of rotatable bonds is 2. The Bertz CT molecular complexity index is 471. The van der Waals surface area contributed by atoms with Crippen LogP contribution in [0.3, 0.4) is 0 Å². The van der Waals surface area contributed by atoms with Crippen molar-refractivity contribution in [3.8, 4) is 0 Å². The molecule has 1 amide bonds. The van der Waals surface area contributed by atoms with E-state index in [0.717, 1.165) is 25.1 Å². The van der Waals surface area contributed by atoms with Crippen molar-refractivity contribution in [1.82, 2.24) is 9.88 Å². The minimum atomic E-state index is 0.0742. The Labute approximate surface area is 119 Å². The van der Waals surface area contributed by atoms with E-state index in [0.29, 0.717) is 17.7 Å². The number of piperidine rings is 1. The number of nitrogens with two attached hydrogens (primary N) is 1. The molecule has 1 aliphatic heterocycles. The summed E-state index contributed by atoms with van der Waals surface area (Å²) in [6.45, 7) is 0.874. The summed E-state index contributed by atoms with van der Waals surface area (Å²) in [6.07, 6.45) is 8.99. The van der Waals surface area contributed by atoms with E-state index in [2.05, 4.69) is 15.3 Å². The minimum Gasteiger partial charge on any atom is -0.334 e. The van der Waals surface area contributed by atoms with E-state index < -0.39 is 0 Å². The van der Waals surface area contributed by atoms with Gasteiger partial charge < -0.3 is 10.3 Å². The van der Waals surface area contributed by atoms with Gasteiger partial charge in [0.15, 0.2) is 0 Å². The quantitative estimate of drug-likeness (QED) is 0.640. The van der Waals surface area contributed by atoms with Crippen LogP contribution in [-0.2, 0) is 0 Å². The van der Waals surface area contributed by atoms with Crippen molar-refractivity contribution in [3.05, 3.63) is 24.0 Å². The fourth-order valence-electron chi connectivity index (χ4n) is 3.63. The molecule has 1 aliphatic carbocycles. The first-order valence-electron chi connectivity index (χ1n) is 7.53. The van der Waals surface area contributed by atoms with E-state index in [1.165, 1.54) is 25.7 Å². The number of carbonyl (C=O) groups excluding carboxylic acids is 1. The summed E-state index contributed by atoms with van der Waals surface area (Å²) in [4.78, 5) is 19.0. The maximum atomic E-state index is 12.7. The van der Waals surface area contributed by atoms with Crippen molar-refractivity contribution in [1.29, 1.82) is 0 Å². The molecule has 1 aromatic rings. The van der Waals surface area contributed by atoms with Crippen molar-refractivity contribution in [2.24, 2.45) is 11.8 Å². The second-order valence-electron chi connectivity index (χ2n) is 5.83. The molecule has 5 nitrogen and oxygen atoms in total. The zero-order valence-electron chi connectivity index (χ0n) is 11.7. The molecule has 3 N–H and O–H groups in total. The average Bonchev–Trinajstić information content (AvgIpc) is 2.54. The highest BCUT2D eigenvalue weighted by Crippen LogP contribution is 2.35. The standard InChI is InChI=1S/C15H22N4O/c16-18-12-7-8-13(17-10-12)15(20)19-9-3-5-11-4-1-2-6-14(11)19/h7-8,10-11,14,18H,1-6,9,16H2/t11-,14-/m1/s1. The van der Waals surface area contributed by atoms with Crippen molar-refractivity contribution >= 4 is 11.6 Å². The summed E-state index contributed by atoms with van der Waals surface area (Å²) in [5.74, 6) is 6.10. The minimum absolute atomic E-state index is 0.0742. The van der Waals surface area contributed by atoms with E-state index >= 15 is 0 Å². The van der Waals surface area contributed by atoms with Gasteiger partial charge in [-0.05, 0) is 43.7 Å². The molecule has 0 spiro atoms. The van der Waals surface area contributed by atoms with Crippen LogP contribution in [0.25, 0.3) is 0 Å². The van der Waals surface area contributed by atoms with Crippen molar-refractivity contribution < 1.29 is 4.79 Å². The number of amides is 1. The number of aromatic nitrogens is 1. The molecule has 0 aromatic carbocycles. The van der Waals surface area contributed by atoms with Gasteiger partial charge in [0.25, 0.3) is 5.91 Å². The topological polar surface area (TPSA) is 71.2 Å². The van der Waals surface area contributed by atoms with E-state index in [-0.39, 0.29) is 5.91 Å². The van der Waals surface area contributed by atoms with Crippen LogP contribution in [-0.4, -0.2) is 28.4 Å². The predicted molar refractivity (Wildman–Crippen MR) is 78.1 cm³/mol. The number of nitrogens with zero attached hydrogens (tertiary/aromatic N) is 2. The molecule has 0 radical (unpaired) electrons. The van der Waals surface area contributed by atoms with E-state index in [4.69, 9.17) is 5.84 Å². The Balaban J connectivity index is 1.77. The van der Waals surface area contributed by atoms with Gasteiger partial charge >= 0.3 is 0 Å². The lowest BCUT2D eigenvalue weighted by molar-refractivity contribution is 0.0385. The maximum absolute atomic E-state index is 12.7. The van der Waals surface area contributed by atoms with Crippen molar-refractivity contribution in [3.63, 3.8) is 0 Å². The smallest absolute Gasteiger partial charge is 0.272 e. The summed E-state index contributed by atoms with van der Waals surface area (Å²) in [7, 11) is 0. The molecule has 2 fully saturated rings. The van der Waals surface area contributed by atoms with Gasteiger partial charge in [-0.3, -0.25) is 10.6 Å². The number of carbonyl (C=O) groups is 1. The van der Waals surface area contributed by atoms with Gasteiger partial charge in [0, 0.05) is 12.6 Å². The first-order chi connectivity index (χ1) is 9.79. The molecule has 20 heavy (non-hydrogen) atoms. The Morgan fingerprint density at radius 1 is 1.25 bits per heavy atom. The van der Waals surface area contributed by atoms with Crippen LogP contribution in [0.4, 0.5) is 5.69 Å². The van der Waals surface area contributed by atoms with Gasteiger partial charge in [-0.2, -0.15) is 0 Å². The molecule has 2 atom stereocenters. The average molecular weight is 274 g/mol. The van der Waals surface area contributed by atoms with Crippen LogP contribution in [0, 0.1) is 5.92 Å². The van der Waals surface area contributed by atoms with Crippen LogP contribution in [0.15, 0.2) is 18.3 Å². The number of nitrogens with one attached hydrogen (secondary N) is 1. The third-order valence-electron chi connectivity index (χ3n) is 4.65. The molecular formula is C15H22N4O. The monoisotopic (exact) mass is 274 g/mol. The number of likely N-dealkylation sites (tertiary alicyclic amines) is 1. The van der Waals surface area contributed by atoms with Gasteiger partial charge in [-0.1, -0.05) is 12.8 Å². The van der Waals surface area contributed by atoms with E-state index in [9.17, 15) is 4.79 Å². The van der Waals surface area contributed by atoms with Gasteiger partial charge in [-0.25, -0.2) is 4.98 Å². The molecule has 2 aliphatic rings. The molecule has 0 bridgehead atoms.